The fraction of sp³-hybridized carbons (Fsp3) is 1.00. The molecule has 0 aromatic rings. The van der Waals surface area contributed by atoms with Gasteiger partial charge in [-0.15, -0.1) is 0 Å². The summed E-state index contributed by atoms with van der Waals surface area (Å²) >= 11 is 1.96. The lowest BCUT2D eigenvalue weighted by Crippen LogP contribution is -2.41. The lowest BCUT2D eigenvalue weighted by molar-refractivity contribution is 0.111. The molecule has 0 fully saturated rings. The molecule has 3 heteroatoms. The van der Waals surface area contributed by atoms with Crippen LogP contribution in [0.1, 0.15) is 40.5 Å². The van der Waals surface area contributed by atoms with Gasteiger partial charge in [0, 0.05) is 30.4 Å². The van der Waals surface area contributed by atoms with E-state index in [1.54, 1.807) is 0 Å². The highest BCUT2D eigenvalue weighted by Crippen LogP contribution is 2.24. The molecule has 0 aliphatic heterocycles. The maximum Gasteiger partial charge on any atom is 0.0499 e. The summed E-state index contributed by atoms with van der Waals surface area (Å²) in [6, 6.07) is 0.541. The van der Waals surface area contributed by atoms with Gasteiger partial charge in [-0.3, -0.25) is 0 Å². The van der Waals surface area contributed by atoms with Crippen molar-refractivity contribution < 1.29 is 5.11 Å². The summed E-state index contributed by atoms with van der Waals surface area (Å²) in [6.45, 7) is 9.95. The van der Waals surface area contributed by atoms with Gasteiger partial charge in [-0.2, -0.15) is 11.8 Å². The van der Waals surface area contributed by atoms with E-state index >= 15 is 0 Å². The minimum atomic E-state index is 0.0884. The first kappa shape index (κ1) is 15.3. The fourth-order valence-electron chi connectivity index (χ4n) is 1.52. The SMILES string of the molecule is CCSCC(C)NCC(CC)(CC)CO. The highest BCUT2D eigenvalue weighted by atomic mass is 32.2. The van der Waals surface area contributed by atoms with Gasteiger partial charge in [-0.1, -0.05) is 20.8 Å². The second kappa shape index (κ2) is 8.43. The van der Waals surface area contributed by atoms with E-state index in [-0.39, 0.29) is 5.41 Å². The zero-order valence-electron chi connectivity index (χ0n) is 10.7. The molecule has 0 heterocycles. The Hall–Kier alpha value is 0.270. The Labute approximate surface area is 99.2 Å². The van der Waals surface area contributed by atoms with Crippen LogP contribution in [-0.4, -0.2) is 35.8 Å². The minimum absolute atomic E-state index is 0.0884. The van der Waals surface area contributed by atoms with E-state index in [0.29, 0.717) is 12.6 Å². The average Bonchev–Trinajstić information content (AvgIpc) is 2.29. The van der Waals surface area contributed by atoms with Crippen LogP contribution in [-0.2, 0) is 0 Å². The number of rotatable bonds is 9. The number of thioether (sulfide) groups is 1. The highest BCUT2D eigenvalue weighted by molar-refractivity contribution is 7.99. The smallest absolute Gasteiger partial charge is 0.0499 e. The molecule has 0 aliphatic rings. The lowest BCUT2D eigenvalue weighted by atomic mass is 9.83. The third kappa shape index (κ3) is 5.79. The number of aliphatic hydroxyl groups is 1. The van der Waals surface area contributed by atoms with E-state index < -0.39 is 0 Å². The fourth-order valence-corrected chi connectivity index (χ4v) is 2.23. The van der Waals surface area contributed by atoms with Crippen molar-refractivity contribution in [3.63, 3.8) is 0 Å². The first-order valence-corrected chi connectivity index (χ1v) is 7.21. The molecule has 2 N–H and O–H groups in total. The molecule has 0 bridgehead atoms. The van der Waals surface area contributed by atoms with Gasteiger partial charge >= 0.3 is 0 Å². The maximum atomic E-state index is 9.42. The van der Waals surface area contributed by atoms with Crippen molar-refractivity contribution in [2.45, 2.75) is 46.6 Å². The van der Waals surface area contributed by atoms with Crippen molar-refractivity contribution in [1.82, 2.24) is 5.32 Å². The van der Waals surface area contributed by atoms with Gasteiger partial charge < -0.3 is 10.4 Å². The Balaban J connectivity index is 3.88. The Morgan fingerprint density at radius 3 is 2.27 bits per heavy atom. The molecule has 0 aromatic carbocycles. The van der Waals surface area contributed by atoms with Gasteiger partial charge in [0.1, 0.15) is 0 Å². The molecule has 15 heavy (non-hydrogen) atoms. The van der Waals surface area contributed by atoms with Crippen molar-refractivity contribution >= 4 is 11.8 Å². The normalized spacial score (nSPS) is 14.2. The van der Waals surface area contributed by atoms with E-state index in [9.17, 15) is 5.11 Å². The lowest BCUT2D eigenvalue weighted by Gasteiger charge is -2.31. The summed E-state index contributed by atoms with van der Waals surface area (Å²) in [7, 11) is 0. The van der Waals surface area contributed by atoms with Crippen LogP contribution in [0.15, 0.2) is 0 Å². The van der Waals surface area contributed by atoms with E-state index in [1.807, 2.05) is 11.8 Å². The Bertz CT molecular complexity index is 140. The molecule has 0 aliphatic carbocycles. The first-order valence-electron chi connectivity index (χ1n) is 6.06. The third-order valence-electron chi connectivity index (χ3n) is 3.23. The third-order valence-corrected chi connectivity index (χ3v) is 4.38. The summed E-state index contributed by atoms with van der Waals surface area (Å²) in [6.07, 6.45) is 2.08. The molecule has 0 aromatic heterocycles. The predicted octanol–water partition coefficient (Wildman–Crippen LogP) is 2.52. The zero-order valence-corrected chi connectivity index (χ0v) is 11.5. The van der Waals surface area contributed by atoms with Crippen LogP contribution in [0.25, 0.3) is 0 Å². The number of aliphatic hydroxyl groups excluding tert-OH is 1. The van der Waals surface area contributed by atoms with Crippen molar-refractivity contribution in [2.24, 2.45) is 5.41 Å². The standard InChI is InChI=1S/C12H27NOS/c1-5-12(6-2,10-14)9-13-11(4)8-15-7-3/h11,13-14H,5-10H2,1-4H3. The Morgan fingerprint density at radius 1 is 1.27 bits per heavy atom. The van der Waals surface area contributed by atoms with Crippen LogP contribution in [0.2, 0.25) is 0 Å². The molecule has 0 saturated heterocycles. The molecule has 0 rings (SSSR count). The Morgan fingerprint density at radius 2 is 1.87 bits per heavy atom. The monoisotopic (exact) mass is 233 g/mol. The van der Waals surface area contributed by atoms with Crippen molar-refractivity contribution in [2.75, 3.05) is 24.7 Å². The van der Waals surface area contributed by atoms with Crippen molar-refractivity contribution in [3.8, 4) is 0 Å². The summed E-state index contributed by atoms with van der Waals surface area (Å²) in [5, 5.41) is 13.0. The van der Waals surface area contributed by atoms with Gasteiger partial charge in [0.15, 0.2) is 0 Å². The van der Waals surface area contributed by atoms with Crippen LogP contribution >= 0.6 is 11.8 Å². The zero-order chi connectivity index (χ0) is 11.7. The summed E-state index contributed by atoms with van der Waals surface area (Å²) in [4.78, 5) is 0. The minimum Gasteiger partial charge on any atom is -0.396 e. The molecule has 0 amide bonds. The van der Waals surface area contributed by atoms with E-state index in [0.717, 1.165) is 25.1 Å². The molecule has 2 nitrogen and oxygen atoms in total. The largest absolute Gasteiger partial charge is 0.396 e. The van der Waals surface area contributed by atoms with E-state index in [1.165, 1.54) is 5.75 Å². The van der Waals surface area contributed by atoms with E-state index in [2.05, 4.69) is 33.0 Å². The maximum absolute atomic E-state index is 9.42. The number of hydrogen-bond acceptors (Lipinski definition) is 3. The highest BCUT2D eigenvalue weighted by Gasteiger charge is 2.25. The number of nitrogens with one attached hydrogen (secondary N) is 1. The molecule has 0 saturated carbocycles. The molecule has 0 spiro atoms. The quantitative estimate of drug-likeness (QED) is 0.642. The van der Waals surface area contributed by atoms with Crippen LogP contribution in [0.4, 0.5) is 0 Å². The molecule has 1 atom stereocenters. The molecular weight excluding hydrogens is 206 g/mol. The summed E-state index contributed by atoms with van der Waals surface area (Å²) < 4.78 is 0. The topological polar surface area (TPSA) is 32.3 Å². The van der Waals surface area contributed by atoms with Gasteiger partial charge in [0.2, 0.25) is 0 Å². The summed E-state index contributed by atoms with van der Waals surface area (Å²) in [5.41, 5.74) is 0.0884. The molecule has 92 valence electrons. The summed E-state index contributed by atoms with van der Waals surface area (Å²) in [5.74, 6) is 2.34. The van der Waals surface area contributed by atoms with Gasteiger partial charge in [-0.05, 0) is 25.5 Å². The molecular formula is C12H27NOS. The van der Waals surface area contributed by atoms with Crippen LogP contribution in [0.3, 0.4) is 0 Å². The van der Waals surface area contributed by atoms with Crippen molar-refractivity contribution in [3.05, 3.63) is 0 Å². The van der Waals surface area contributed by atoms with Gasteiger partial charge in [0.05, 0.1) is 0 Å². The molecule has 0 radical (unpaired) electrons. The Kier molecular flexibility index (Phi) is 8.58. The van der Waals surface area contributed by atoms with Crippen LogP contribution in [0.5, 0.6) is 0 Å². The van der Waals surface area contributed by atoms with Crippen molar-refractivity contribution in [1.29, 1.82) is 0 Å². The molecule has 1 unspecified atom stereocenters. The second-order valence-corrected chi connectivity index (χ2v) is 5.63. The predicted molar refractivity (Wildman–Crippen MR) is 70.6 cm³/mol. The van der Waals surface area contributed by atoms with Crippen LogP contribution in [0, 0.1) is 5.41 Å². The first-order chi connectivity index (χ1) is 7.14. The second-order valence-electron chi connectivity index (χ2n) is 4.31. The van der Waals surface area contributed by atoms with Gasteiger partial charge in [-0.25, -0.2) is 0 Å². The van der Waals surface area contributed by atoms with Gasteiger partial charge in [0.25, 0.3) is 0 Å². The number of hydrogen-bond donors (Lipinski definition) is 2. The van der Waals surface area contributed by atoms with E-state index in [4.69, 9.17) is 0 Å². The van der Waals surface area contributed by atoms with Crippen LogP contribution < -0.4 is 5.32 Å². The average molecular weight is 233 g/mol.